The molecule has 2 fully saturated rings. The summed E-state index contributed by atoms with van der Waals surface area (Å²) < 4.78 is 19.8. The Balaban J connectivity index is 1.65. The summed E-state index contributed by atoms with van der Waals surface area (Å²) in [6, 6.07) is 7.23. The molecule has 3 rings (SSSR count). The molecule has 1 aromatic carbocycles. The Morgan fingerprint density at radius 1 is 1.43 bits per heavy atom. The fourth-order valence-electron chi connectivity index (χ4n) is 2.87. The van der Waals surface area contributed by atoms with Crippen LogP contribution in [0.5, 0.6) is 5.75 Å². The number of carboxylic acid groups (broad SMARTS) is 1. The van der Waals surface area contributed by atoms with E-state index in [1.165, 1.54) is 4.90 Å². The molecule has 1 amide bonds. The highest BCUT2D eigenvalue weighted by atomic mass is 32.2. The van der Waals surface area contributed by atoms with Crippen LogP contribution in [0.2, 0.25) is 0 Å². The molecule has 2 heterocycles. The first-order valence-electron chi connectivity index (χ1n) is 6.95. The summed E-state index contributed by atoms with van der Waals surface area (Å²) in [5, 5.41) is 8.69. The number of carbonyl (C=O) groups is 2. The number of carboxylic acids is 1. The highest BCUT2D eigenvalue weighted by Crippen LogP contribution is 2.46. The van der Waals surface area contributed by atoms with Crippen LogP contribution in [-0.2, 0) is 20.8 Å². The van der Waals surface area contributed by atoms with E-state index in [0.29, 0.717) is 5.75 Å². The number of amides is 1. The third-order valence-corrected chi connectivity index (χ3v) is 6.87. The quantitative estimate of drug-likeness (QED) is 0.347. The summed E-state index contributed by atoms with van der Waals surface area (Å²) in [6.45, 7) is 3.22. The van der Waals surface area contributed by atoms with Crippen molar-refractivity contribution in [2.24, 2.45) is 0 Å². The summed E-state index contributed by atoms with van der Waals surface area (Å²) in [5.74, 6) is -0.888. The van der Waals surface area contributed by atoms with Crippen molar-refractivity contribution in [3.05, 3.63) is 30.3 Å². The van der Waals surface area contributed by atoms with Crippen LogP contribution in [0.3, 0.4) is 0 Å². The fourth-order valence-corrected chi connectivity index (χ4v) is 5.46. The number of nitrogens with one attached hydrogen (secondary N) is 1. The normalized spacial score (nSPS) is 31.4. The highest BCUT2D eigenvalue weighted by molar-refractivity contribution is 7.94. The molecule has 2 saturated heterocycles. The first-order chi connectivity index (χ1) is 10.9. The second-order valence-electron chi connectivity index (χ2n) is 5.85. The molecule has 2 aliphatic rings. The van der Waals surface area contributed by atoms with E-state index in [2.05, 4.69) is 4.72 Å². The predicted molar refractivity (Wildman–Crippen MR) is 85.9 cm³/mol. The second-order valence-corrected chi connectivity index (χ2v) is 8.55. The number of benzene rings is 1. The molecule has 124 valence electrons. The zero-order chi connectivity index (χ0) is 16.8. The van der Waals surface area contributed by atoms with Gasteiger partial charge < -0.3 is 13.8 Å². The van der Waals surface area contributed by atoms with E-state index in [4.69, 9.17) is 4.18 Å². The van der Waals surface area contributed by atoms with Crippen LogP contribution in [-0.4, -0.2) is 48.6 Å². The van der Waals surface area contributed by atoms with Gasteiger partial charge in [0.1, 0.15) is 18.0 Å². The molecule has 0 bridgehead atoms. The molecule has 2 N–H and O–H groups in total. The van der Waals surface area contributed by atoms with Gasteiger partial charge in [-0.1, -0.05) is 18.2 Å². The average molecular weight is 356 g/mol. The minimum atomic E-state index is -1.48. The van der Waals surface area contributed by atoms with Gasteiger partial charge in [-0.3, -0.25) is 9.69 Å². The van der Waals surface area contributed by atoms with Gasteiger partial charge in [-0.05, 0) is 37.2 Å². The van der Waals surface area contributed by atoms with E-state index in [-0.39, 0.29) is 5.91 Å². The Labute approximate surface area is 140 Å². The van der Waals surface area contributed by atoms with Gasteiger partial charge in [-0.25, -0.2) is 9.52 Å². The average Bonchev–Trinajstić information content (AvgIpc) is 2.70. The predicted octanol–water partition coefficient (Wildman–Crippen LogP) is 0.749. The number of rotatable bonds is 5. The van der Waals surface area contributed by atoms with Crippen LogP contribution in [0.4, 0.5) is 0 Å². The molecule has 1 unspecified atom stereocenters. The van der Waals surface area contributed by atoms with E-state index in [1.807, 2.05) is 18.2 Å². The first kappa shape index (κ1) is 16.4. The summed E-state index contributed by atoms with van der Waals surface area (Å²) in [7, 11) is 0. The van der Waals surface area contributed by atoms with Crippen LogP contribution in [0.1, 0.15) is 13.8 Å². The second kappa shape index (κ2) is 5.90. The monoisotopic (exact) mass is 356 g/mol. The number of carbonyl (C=O) groups excluding carboxylic acids is 1. The smallest absolute Gasteiger partial charge is 0.332 e. The van der Waals surface area contributed by atoms with Crippen LogP contribution in [0.15, 0.2) is 30.3 Å². The van der Waals surface area contributed by atoms with Crippen molar-refractivity contribution in [3.63, 3.8) is 0 Å². The van der Waals surface area contributed by atoms with E-state index < -0.39 is 39.3 Å². The number of aliphatic carboxylic acids is 1. The van der Waals surface area contributed by atoms with Gasteiger partial charge in [0.05, 0.1) is 0 Å². The lowest BCUT2D eigenvalue weighted by Gasteiger charge is -2.40. The maximum absolute atomic E-state index is 12.6. The van der Waals surface area contributed by atoms with Crippen LogP contribution in [0, 0.1) is 0 Å². The van der Waals surface area contributed by atoms with Crippen molar-refractivity contribution in [1.82, 2.24) is 9.62 Å². The van der Waals surface area contributed by atoms with Crippen LogP contribution >= 0.6 is 12.2 Å². The molecular weight excluding hydrogens is 340 g/mol. The van der Waals surface area contributed by atoms with Gasteiger partial charge in [0, 0.05) is 0 Å². The zero-order valence-electron chi connectivity index (χ0n) is 12.5. The molecule has 0 radical (unpaired) electrons. The van der Waals surface area contributed by atoms with Crippen molar-refractivity contribution in [3.8, 4) is 5.75 Å². The third kappa shape index (κ3) is 2.57. The SMILES string of the molecule is CC1(C)[C@H](C(=O)O)N2C(=O)[C@@H](NSOc3ccccc3)[C@H]2[S+]1[O-]. The van der Waals surface area contributed by atoms with E-state index in [1.54, 1.807) is 26.0 Å². The fraction of sp³-hybridized carbons (Fsp3) is 0.429. The maximum Gasteiger partial charge on any atom is 0.332 e. The molecule has 9 heteroatoms. The van der Waals surface area contributed by atoms with Gasteiger partial charge >= 0.3 is 5.97 Å². The molecular formula is C14H16N2O5S2. The number of para-hydroxylation sites is 1. The highest BCUT2D eigenvalue weighted by Gasteiger charge is 2.72. The lowest BCUT2D eigenvalue weighted by Crippen LogP contribution is -2.70. The summed E-state index contributed by atoms with van der Waals surface area (Å²) in [4.78, 5) is 24.9. The summed E-state index contributed by atoms with van der Waals surface area (Å²) in [5.41, 5.74) is 0. The van der Waals surface area contributed by atoms with E-state index in [9.17, 15) is 19.2 Å². The standard InChI is InChI=1S/C14H16N2O5S2/c1-14(2)10(13(18)19)16-11(17)9(12(16)23(14)20)15-22-21-8-6-4-3-5-7-8/h3-7,9-10,12,15H,1-2H3,(H,18,19)/t9-,10+,12-,23?/m1/s1. The van der Waals surface area contributed by atoms with Gasteiger partial charge in [0.25, 0.3) is 5.91 Å². The summed E-state index contributed by atoms with van der Waals surface area (Å²) >= 11 is -0.602. The van der Waals surface area contributed by atoms with Crippen molar-refractivity contribution >= 4 is 35.3 Å². The first-order valence-corrected chi connectivity index (χ1v) is 8.91. The van der Waals surface area contributed by atoms with Gasteiger partial charge in [0.2, 0.25) is 5.37 Å². The molecule has 1 aromatic rings. The molecule has 0 spiro atoms. The Morgan fingerprint density at radius 2 is 2.09 bits per heavy atom. The Morgan fingerprint density at radius 3 is 2.70 bits per heavy atom. The molecule has 2 aliphatic heterocycles. The molecule has 0 saturated carbocycles. The number of nitrogens with zero attached hydrogens (tertiary/aromatic N) is 1. The van der Waals surface area contributed by atoms with Crippen molar-refractivity contribution < 1.29 is 23.4 Å². The Kier molecular flexibility index (Phi) is 4.21. The Hall–Kier alpha value is -1.42. The maximum atomic E-state index is 12.6. The number of hydrogen-bond donors (Lipinski definition) is 2. The Bertz CT molecular complexity index is 627. The van der Waals surface area contributed by atoms with Crippen molar-refractivity contribution in [1.29, 1.82) is 0 Å². The number of fused-ring (bicyclic) bond motifs is 1. The lowest BCUT2D eigenvalue weighted by molar-refractivity contribution is -0.159. The minimum absolute atomic E-state index is 0.370. The molecule has 7 nitrogen and oxygen atoms in total. The zero-order valence-corrected chi connectivity index (χ0v) is 14.1. The van der Waals surface area contributed by atoms with E-state index >= 15 is 0 Å². The minimum Gasteiger partial charge on any atom is -0.614 e. The van der Waals surface area contributed by atoms with Gasteiger partial charge in [-0.2, -0.15) is 0 Å². The van der Waals surface area contributed by atoms with Crippen LogP contribution in [0.25, 0.3) is 0 Å². The van der Waals surface area contributed by atoms with Gasteiger partial charge in [0.15, 0.2) is 16.8 Å². The molecule has 23 heavy (non-hydrogen) atoms. The van der Waals surface area contributed by atoms with Gasteiger partial charge in [-0.15, -0.1) is 0 Å². The van der Waals surface area contributed by atoms with Crippen molar-refractivity contribution in [2.45, 2.75) is 36.1 Å². The largest absolute Gasteiger partial charge is 0.614 e. The van der Waals surface area contributed by atoms with E-state index in [0.717, 1.165) is 12.2 Å². The van der Waals surface area contributed by atoms with Crippen LogP contribution < -0.4 is 8.91 Å². The number of hydrogen-bond acceptors (Lipinski definition) is 6. The third-order valence-electron chi connectivity index (χ3n) is 4.04. The molecule has 4 atom stereocenters. The lowest BCUT2D eigenvalue weighted by atomic mass is 9.96. The molecule has 0 aliphatic carbocycles. The summed E-state index contributed by atoms with van der Waals surface area (Å²) in [6.07, 6.45) is 0. The number of β-lactam (4-membered cyclic amide) rings is 1. The molecule has 0 aromatic heterocycles. The van der Waals surface area contributed by atoms with Crippen molar-refractivity contribution in [2.75, 3.05) is 0 Å². The topological polar surface area (TPSA) is 102 Å².